The van der Waals surface area contributed by atoms with E-state index in [1.807, 2.05) is 13.8 Å². The van der Waals surface area contributed by atoms with E-state index in [1.165, 1.54) is 0 Å². The first kappa shape index (κ1) is 11.4. The van der Waals surface area contributed by atoms with E-state index in [0.717, 1.165) is 11.3 Å². The summed E-state index contributed by atoms with van der Waals surface area (Å²) in [6.45, 7) is 5.63. The lowest BCUT2D eigenvalue weighted by atomic mass is 10.2. The highest BCUT2D eigenvalue weighted by atomic mass is 16.5. The average molecular weight is 210 g/mol. The minimum Gasteiger partial charge on any atom is -0.481 e. The van der Waals surface area contributed by atoms with Crippen LogP contribution in [0.25, 0.3) is 0 Å². The van der Waals surface area contributed by atoms with Crippen LogP contribution >= 0.6 is 0 Å². The summed E-state index contributed by atoms with van der Waals surface area (Å²) in [6.07, 6.45) is -0.0263. The van der Waals surface area contributed by atoms with Gasteiger partial charge in [0, 0.05) is 11.3 Å². The molecule has 0 aromatic carbocycles. The minimum atomic E-state index is -0.879. The zero-order valence-corrected chi connectivity index (χ0v) is 9.07. The summed E-state index contributed by atoms with van der Waals surface area (Å²) in [7, 11) is 0. The number of aromatic nitrogens is 2. The highest BCUT2D eigenvalue weighted by molar-refractivity contribution is 5.66. The van der Waals surface area contributed by atoms with E-state index >= 15 is 0 Å². The van der Waals surface area contributed by atoms with Crippen molar-refractivity contribution < 1.29 is 14.6 Å². The molecular formula is C10H14N2O3. The average Bonchev–Trinajstić information content (AvgIpc) is 2.12. The molecule has 0 saturated carbocycles. The van der Waals surface area contributed by atoms with Gasteiger partial charge < -0.3 is 9.84 Å². The topological polar surface area (TPSA) is 72.3 Å². The molecule has 82 valence electrons. The highest BCUT2D eigenvalue weighted by Gasteiger charge is 2.07. The lowest BCUT2D eigenvalue weighted by Crippen LogP contribution is -2.08. The van der Waals surface area contributed by atoms with Gasteiger partial charge in [-0.1, -0.05) is 0 Å². The van der Waals surface area contributed by atoms with Crippen LogP contribution in [0.15, 0.2) is 0 Å². The number of hydrogen-bond donors (Lipinski definition) is 1. The Labute approximate surface area is 88.1 Å². The van der Waals surface area contributed by atoms with Crippen molar-refractivity contribution in [2.75, 3.05) is 6.61 Å². The van der Waals surface area contributed by atoms with Gasteiger partial charge >= 0.3 is 5.97 Å². The Hall–Kier alpha value is -1.65. The minimum absolute atomic E-state index is 0.0263. The maximum absolute atomic E-state index is 10.3. The number of ether oxygens (including phenoxy) is 1. The van der Waals surface area contributed by atoms with E-state index in [4.69, 9.17) is 9.84 Å². The van der Waals surface area contributed by atoms with Crippen molar-refractivity contribution >= 4 is 5.97 Å². The molecule has 1 aromatic heterocycles. The van der Waals surface area contributed by atoms with E-state index in [-0.39, 0.29) is 13.0 Å². The van der Waals surface area contributed by atoms with Crippen LogP contribution in [0.3, 0.4) is 0 Å². The molecule has 0 amide bonds. The first-order valence-electron chi connectivity index (χ1n) is 4.67. The zero-order chi connectivity index (χ0) is 11.4. The molecule has 0 spiro atoms. The van der Waals surface area contributed by atoms with Crippen LogP contribution in [-0.4, -0.2) is 27.7 Å². The maximum Gasteiger partial charge on any atom is 0.306 e. The number of aryl methyl sites for hydroxylation is 2. The van der Waals surface area contributed by atoms with Gasteiger partial charge in [0.2, 0.25) is 5.88 Å². The molecule has 5 heteroatoms. The molecule has 0 radical (unpaired) electrons. The fourth-order valence-electron chi connectivity index (χ4n) is 1.11. The summed E-state index contributed by atoms with van der Waals surface area (Å²) in [4.78, 5) is 18.6. The Morgan fingerprint density at radius 3 is 2.60 bits per heavy atom. The molecule has 5 nitrogen and oxygen atoms in total. The summed E-state index contributed by atoms with van der Waals surface area (Å²) in [5.74, 6) is 0.222. The van der Waals surface area contributed by atoms with Gasteiger partial charge in [0.1, 0.15) is 12.4 Å². The van der Waals surface area contributed by atoms with Crippen LogP contribution < -0.4 is 4.74 Å². The van der Waals surface area contributed by atoms with Gasteiger partial charge in [0.25, 0.3) is 0 Å². The van der Waals surface area contributed by atoms with E-state index in [0.29, 0.717) is 11.7 Å². The third-order valence-corrected chi connectivity index (χ3v) is 2.01. The van der Waals surface area contributed by atoms with Crippen molar-refractivity contribution in [2.45, 2.75) is 27.2 Å². The van der Waals surface area contributed by atoms with E-state index in [1.54, 1.807) is 6.92 Å². The third kappa shape index (κ3) is 3.19. The summed E-state index contributed by atoms with van der Waals surface area (Å²) < 4.78 is 5.28. The molecule has 0 aliphatic rings. The van der Waals surface area contributed by atoms with Crippen molar-refractivity contribution in [3.8, 4) is 5.88 Å². The smallest absolute Gasteiger partial charge is 0.306 e. The summed E-state index contributed by atoms with van der Waals surface area (Å²) >= 11 is 0. The number of hydrogen-bond acceptors (Lipinski definition) is 4. The first-order valence-corrected chi connectivity index (χ1v) is 4.67. The van der Waals surface area contributed by atoms with Crippen molar-refractivity contribution in [1.82, 2.24) is 9.97 Å². The van der Waals surface area contributed by atoms with Gasteiger partial charge in [0.05, 0.1) is 6.42 Å². The molecule has 0 saturated heterocycles. The van der Waals surface area contributed by atoms with Crippen molar-refractivity contribution in [3.63, 3.8) is 0 Å². The fourth-order valence-corrected chi connectivity index (χ4v) is 1.11. The molecule has 0 aliphatic carbocycles. The number of nitrogens with zero attached hydrogens (tertiary/aromatic N) is 2. The van der Waals surface area contributed by atoms with Gasteiger partial charge in [-0.2, -0.15) is 4.98 Å². The van der Waals surface area contributed by atoms with E-state index < -0.39 is 5.97 Å². The molecule has 0 unspecified atom stereocenters. The van der Waals surface area contributed by atoms with Crippen LogP contribution in [0.2, 0.25) is 0 Å². The zero-order valence-electron chi connectivity index (χ0n) is 9.07. The SMILES string of the molecule is Cc1nc(C)c(C)c(OCCC(=O)O)n1. The van der Waals surface area contributed by atoms with E-state index in [9.17, 15) is 4.79 Å². The summed E-state index contributed by atoms with van der Waals surface area (Å²) in [5, 5.41) is 8.46. The monoisotopic (exact) mass is 210 g/mol. The highest BCUT2D eigenvalue weighted by Crippen LogP contribution is 2.16. The lowest BCUT2D eigenvalue weighted by Gasteiger charge is -2.09. The second-order valence-corrected chi connectivity index (χ2v) is 3.28. The Balaban J connectivity index is 2.72. The number of rotatable bonds is 4. The standard InChI is InChI=1S/C10H14N2O3/c1-6-7(2)11-8(3)12-10(6)15-5-4-9(13)14/h4-5H2,1-3H3,(H,13,14). The maximum atomic E-state index is 10.3. The predicted molar refractivity (Wildman–Crippen MR) is 54.0 cm³/mol. The largest absolute Gasteiger partial charge is 0.481 e. The summed E-state index contributed by atoms with van der Waals surface area (Å²) in [5.41, 5.74) is 1.71. The second kappa shape index (κ2) is 4.72. The van der Waals surface area contributed by atoms with Crippen molar-refractivity contribution in [2.24, 2.45) is 0 Å². The molecular weight excluding hydrogens is 196 g/mol. The van der Waals surface area contributed by atoms with E-state index in [2.05, 4.69) is 9.97 Å². The lowest BCUT2D eigenvalue weighted by molar-refractivity contribution is -0.137. The molecule has 1 aromatic rings. The van der Waals surface area contributed by atoms with Gasteiger partial charge in [-0.25, -0.2) is 4.98 Å². The van der Waals surface area contributed by atoms with Crippen molar-refractivity contribution in [1.29, 1.82) is 0 Å². The molecule has 15 heavy (non-hydrogen) atoms. The van der Waals surface area contributed by atoms with Crippen LogP contribution in [0.1, 0.15) is 23.5 Å². The molecule has 0 fully saturated rings. The first-order chi connectivity index (χ1) is 7.00. The molecule has 0 aliphatic heterocycles. The van der Waals surface area contributed by atoms with Gasteiger partial charge in [0.15, 0.2) is 0 Å². The molecule has 1 N–H and O–H groups in total. The fraction of sp³-hybridized carbons (Fsp3) is 0.500. The van der Waals surface area contributed by atoms with Gasteiger partial charge in [-0.15, -0.1) is 0 Å². The van der Waals surface area contributed by atoms with Crippen molar-refractivity contribution in [3.05, 3.63) is 17.1 Å². The predicted octanol–water partition coefficient (Wildman–Crippen LogP) is 1.26. The van der Waals surface area contributed by atoms with Gasteiger partial charge in [-0.3, -0.25) is 4.79 Å². The second-order valence-electron chi connectivity index (χ2n) is 3.28. The number of carbonyl (C=O) groups is 1. The number of carboxylic acids is 1. The Bertz CT molecular complexity index is 377. The molecule has 0 bridgehead atoms. The summed E-state index contributed by atoms with van der Waals surface area (Å²) in [6, 6.07) is 0. The molecule has 1 rings (SSSR count). The van der Waals surface area contributed by atoms with Crippen LogP contribution in [0, 0.1) is 20.8 Å². The number of carboxylic acid groups (broad SMARTS) is 1. The number of aliphatic carboxylic acids is 1. The molecule has 1 heterocycles. The Morgan fingerprint density at radius 1 is 1.33 bits per heavy atom. The van der Waals surface area contributed by atoms with Crippen LogP contribution in [0.5, 0.6) is 5.88 Å². The third-order valence-electron chi connectivity index (χ3n) is 2.01. The Kier molecular flexibility index (Phi) is 3.60. The van der Waals surface area contributed by atoms with Crippen LogP contribution in [0.4, 0.5) is 0 Å². The quantitative estimate of drug-likeness (QED) is 0.809. The molecule has 0 atom stereocenters. The van der Waals surface area contributed by atoms with Gasteiger partial charge in [-0.05, 0) is 20.8 Å². The normalized spacial score (nSPS) is 10.1. The Morgan fingerprint density at radius 2 is 2.00 bits per heavy atom. The van der Waals surface area contributed by atoms with Crippen LogP contribution in [-0.2, 0) is 4.79 Å².